The van der Waals surface area contributed by atoms with E-state index in [2.05, 4.69) is 16.4 Å². The Labute approximate surface area is 141 Å². The minimum Gasteiger partial charge on any atom is -0.381 e. The van der Waals surface area contributed by atoms with Gasteiger partial charge in [-0.25, -0.2) is 0 Å². The van der Waals surface area contributed by atoms with Crippen LogP contribution < -0.4 is 5.32 Å². The van der Waals surface area contributed by atoms with Gasteiger partial charge in [-0.1, -0.05) is 12.1 Å². The lowest BCUT2D eigenvalue weighted by Gasteiger charge is -2.10. The monoisotopic (exact) mass is 321 g/mol. The van der Waals surface area contributed by atoms with Gasteiger partial charge in [0.15, 0.2) is 0 Å². The number of hydrogen-bond acceptors (Lipinski definition) is 4. The van der Waals surface area contributed by atoms with E-state index >= 15 is 0 Å². The first-order chi connectivity index (χ1) is 11.8. The number of aromatic nitrogens is 1. The zero-order valence-corrected chi connectivity index (χ0v) is 13.4. The second kappa shape index (κ2) is 7.71. The molecule has 2 heterocycles. The standard InChI is InChI=1S/C19H19N3O2/c20-12-17-5-2-8-21-18(17)15-3-1-4-16(11-15)19(23)22-9-6-14-7-10-24-13-14/h1-5,8,11,14H,6-7,9-10,13H2,(H,22,23)/t14-/m1/s1. The Hall–Kier alpha value is -2.71. The number of pyridine rings is 1. The number of rotatable bonds is 5. The van der Waals surface area contributed by atoms with Crippen LogP contribution in [0.5, 0.6) is 0 Å². The molecule has 2 aromatic rings. The molecule has 5 heteroatoms. The highest BCUT2D eigenvalue weighted by Crippen LogP contribution is 2.21. The Morgan fingerprint density at radius 1 is 1.38 bits per heavy atom. The summed E-state index contributed by atoms with van der Waals surface area (Å²) in [6.45, 7) is 2.26. The first-order valence-corrected chi connectivity index (χ1v) is 8.09. The van der Waals surface area contributed by atoms with Gasteiger partial charge in [0.1, 0.15) is 6.07 Å². The number of nitrogens with one attached hydrogen (secondary N) is 1. The van der Waals surface area contributed by atoms with Crippen molar-refractivity contribution in [1.29, 1.82) is 5.26 Å². The number of carbonyl (C=O) groups is 1. The highest BCUT2D eigenvalue weighted by molar-refractivity contribution is 5.95. The smallest absolute Gasteiger partial charge is 0.251 e. The van der Waals surface area contributed by atoms with Gasteiger partial charge < -0.3 is 10.1 Å². The highest BCUT2D eigenvalue weighted by Gasteiger charge is 2.16. The summed E-state index contributed by atoms with van der Waals surface area (Å²) in [6.07, 6.45) is 3.65. The number of carbonyl (C=O) groups excluding carboxylic acids is 1. The number of benzene rings is 1. The van der Waals surface area contributed by atoms with Crippen LogP contribution in [-0.4, -0.2) is 30.6 Å². The quantitative estimate of drug-likeness (QED) is 0.919. The molecule has 0 bridgehead atoms. The van der Waals surface area contributed by atoms with Gasteiger partial charge in [0.05, 0.1) is 11.3 Å². The second-order valence-electron chi connectivity index (χ2n) is 5.87. The topological polar surface area (TPSA) is 75.0 Å². The summed E-state index contributed by atoms with van der Waals surface area (Å²) in [7, 11) is 0. The summed E-state index contributed by atoms with van der Waals surface area (Å²) in [4.78, 5) is 16.6. The van der Waals surface area contributed by atoms with Crippen molar-refractivity contribution in [2.24, 2.45) is 5.92 Å². The molecule has 3 rings (SSSR count). The molecular formula is C19H19N3O2. The molecule has 1 atom stereocenters. The van der Waals surface area contributed by atoms with Gasteiger partial charge in [-0.15, -0.1) is 0 Å². The molecule has 1 fully saturated rings. The van der Waals surface area contributed by atoms with Gasteiger partial charge in [0, 0.05) is 37.1 Å². The van der Waals surface area contributed by atoms with E-state index in [0.29, 0.717) is 29.3 Å². The molecule has 1 aromatic heterocycles. The number of hydrogen-bond donors (Lipinski definition) is 1. The first-order valence-electron chi connectivity index (χ1n) is 8.09. The van der Waals surface area contributed by atoms with E-state index in [9.17, 15) is 10.1 Å². The minimum absolute atomic E-state index is 0.106. The van der Waals surface area contributed by atoms with Crippen LogP contribution in [-0.2, 0) is 4.74 Å². The predicted molar refractivity (Wildman–Crippen MR) is 90.3 cm³/mol. The Bertz CT molecular complexity index is 761. The molecular weight excluding hydrogens is 302 g/mol. The lowest BCUT2D eigenvalue weighted by Crippen LogP contribution is -2.26. The summed E-state index contributed by atoms with van der Waals surface area (Å²) in [6, 6.07) is 12.8. The lowest BCUT2D eigenvalue weighted by molar-refractivity contribution is 0.0950. The molecule has 1 aliphatic rings. The summed E-state index contributed by atoms with van der Waals surface area (Å²) >= 11 is 0. The van der Waals surface area contributed by atoms with E-state index in [1.165, 1.54) is 0 Å². The Balaban J connectivity index is 1.68. The van der Waals surface area contributed by atoms with E-state index in [1.807, 2.05) is 12.1 Å². The molecule has 0 radical (unpaired) electrons. The molecule has 24 heavy (non-hydrogen) atoms. The van der Waals surface area contributed by atoms with Gasteiger partial charge >= 0.3 is 0 Å². The van der Waals surface area contributed by atoms with Crippen molar-refractivity contribution >= 4 is 5.91 Å². The average molecular weight is 321 g/mol. The molecule has 1 aromatic carbocycles. The maximum absolute atomic E-state index is 12.3. The predicted octanol–water partition coefficient (Wildman–Crippen LogP) is 2.78. The van der Waals surface area contributed by atoms with Crippen LogP contribution in [0.2, 0.25) is 0 Å². The summed E-state index contributed by atoms with van der Waals surface area (Å²) < 4.78 is 5.34. The SMILES string of the molecule is N#Cc1cccnc1-c1cccc(C(=O)NCC[C@@H]2CCOC2)c1. The third-order valence-electron chi connectivity index (χ3n) is 4.19. The summed E-state index contributed by atoms with van der Waals surface area (Å²) in [5.41, 5.74) is 2.43. The number of nitriles is 1. The van der Waals surface area contributed by atoms with Crippen molar-refractivity contribution in [3.63, 3.8) is 0 Å². The Morgan fingerprint density at radius 2 is 2.29 bits per heavy atom. The molecule has 1 amide bonds. The largest absolute Gasteiger partial charge is 0.381 e. The van der Waals surface area contributed by atoms with E-state index < -0.39 is 0 Å². The molecule has 122 valence electrons. The van der Waals surface area contributed by atoms with E-state index in [-0.39, 0.29) is 5.91 Å². The average Bonchev–Trinajstić information content (AvgIpc) is 3.15. The zero-order chi connectivity index (χ0) is 16.8. The van der Waals surface area contributed by atoms with E-state index in [4.69, 9.17) is 4.74 Å². The van der Waals surface area contributed by atoms with Crippen molar-refractivity contribution in [3.05, 3.63) is 53.7 Å². The van der Waals surface area contributed by atoms with Crippen molar-refractivity contribution < 1.29 is 9.53 Å². The second-order valence-corrected chi connectivity index (χ2v) is 5.87. The maximum Gasteiger partial charge on any atom is 0.251 e. The van der Waals surface area contributed by atoms with Crippen molar-refractivity contribution in [1.82, 2.24) is 10.3 Å². The fourth-order valence-corrected chi connectivity index (χ4v) is 2.84. The zero-order valence-electron chi connectivity index (χ0n) is 13.4. The van der Waals surface area contributed by atoms with Crippen LogP contribution in [0.4, 0.5) is 0 Å². The van der Waals surface area contributed by atoms with Crippen molar-refractivity contribution in [3.8, 4) is 17.3 Å². The normalized spacial score (nSPS) is 16.5. The molecule has 5 nitrogen and oxygen atoms in total. The Morgan fingerprint density at radius 3 is 3.08 bits per heavy atom. The third kappa shape index (κ3) is 3.79. The molecule has 0 aliphatic carbocycles. The van der Waals surface area contributed by atoms with Crippen LogP contribution in [0.3, 0.4) is 0 Å². The van der Waals surface area contributed by atoms with Crippen LogP contribution in [0.1, 0.15) is 28.8 Å². The Kier molecular flexibility index (Phi) is 5.19. The van der Waals surface area contributed by atoms with Gasteiger partial charge in [-0.3, -0.25) is 9.78 Å². The van der Waals surface area contributed by atoms with Crippen LogP contribution in [0.25, 0.3) is 11.3 Å². The molecule has 1 saturated heterocycles. The molecule has 0 unspecified atom stereocenters. The summed E-state index contributed by atoms with van der Waals surface area (Å²) in [5, 5.41) is 12.2. The lowest BCUT2D eigenvalue weighted by atomic mass is 10.0. The third-order valence-corrected chi connectivity index (χ3v) is 4.19. The molecule has 1 N–H and O–H groups in total. The van der Waals surface area contributed by atoms with E-state index in [0.717, 1.165) is 31.6 Å². The maximum atomic E-state index is 12.3. The number of amides is 1. The van der Waals surface area contributed by atoms with Gasteiger partial charge in [0.25, 0.3) is 5.91 Å². The number of ether oxygens (including phenoxy) is 1. The van der Waals surface area contributed by atoms with Gasteiger partial charge in [0.2, 0.25) is 0 Å². The molecule has 1 aliphatic heterocycles. The summed E-state index contributed by atoms with van der Waals surface area (Å²) in [5.74, 6) is 0.438. The van der Waals surface area contributed by atoms with Crippen LogP contribution in [0.15, 0.2) is 42.6 Å². The first kappa shape index (κ1) is 16.2. The highest BCUT2D eigenvalue weighted by atomic mass is 16.5. The van der Waals surface area contributed by atoms with Crippen molar-refractivity contribution in [2.75, 3.05) is 19.8 Å². The molecule has 0 spiro atoms. The van der Waals surface area contributed by atoms with Crippen molar-refractivity contribution in [2.45, 2.75) is 12.8 Å². The number of nitrogens with zero attached hydrogens (tertiary/aromatic N) is 2. The van der Waals surface area contributed by atoms with Crippen LogP contribution >= 0.6 is 0 Å². The molecule has 0 saturated carbocycles. The van der Waals surface area contributed by atoms with Crippen LogP contribution in [0, 0.1) is 17.2 Å². The van der Waals surface area contributed by atoms with E-state index in [1.54, 1.807) is 30.5 Å². The fraction of sp³-hybridized carbons (Fsp3) is 0.316. The van der Waals surface area contributed by atoms with Gasteiger partial charge in [-0.2, -0.15) is 5.26 Å². The fourth-order valence-electron chi connectivity index (χ4n) is 2.84. The van der Waals surface area contributed by atoms with Gasteiger partial charge in [-0.05, 0) is 43.0 Å². The minimum atomic E-state index is -0.106.